The summed E-state index contributed by atoms with van der Waals surface area (Å²) in [5.74, 6) is -1.03. The lowest BCUT2D eigenvalue weighted by molar-refractivity contribution is -0.141. The molecular weight excluding hydrogens is 286 g/mol. The summed E-state index contributed by atoms with van der Waals surface area (Å²) in [6.07, 6.45) is 1.32. The van der Waals surface area contributed by atoms with E-state index in [1.165, 1.54) is 38.0 Å². The van der Waals surface area contributed by atoms with Gasteiger partial charge in [-0.3, -0.25) is 9.59 Å². The summed E-state index contributed by atoms with van der Waals surface area (Å²) in [5, 5.41) is 0. The van der Waals surface area contributed by atoms with Gasteiger partial charge >= 0.3 is 5.97 Å². The minimum Gasteiger partial charge on any atom is -0.468 e. The van der Waals surface area contributed by atoms with Crippen molar-refractivity contribution in [3.8, 4) is 0 Å². The van der Waals surface area contributed by atoms with Gasteiger partial charge in [-0.25, -0.2) is 13.1 Å². The third-order valence-corrected chi connectivity index (χ3v) is 4.10. The van der Waals surface area contributed by atoms with E-state index in [-0.39, 0.29) is 17.1 Å². The molecule has 0 radical (unpaired) electrons. The number of rotatable bonds is 5. The van der Waals surface area contributed by atoms with Gasteiger partial charge in [0.1, 0.15) is 17.1 Å². The van der Waals surface area contributed by atoms with Crippen LogP contribution in [-0.2, 0) is 26.6 Å². The highest BCUT2D eigenvalue weighted by molar-refractivity contribution is 7.89. The van der Waals surface area contributed by atoms with Crippen molar-refractivity contribution in [2.45, 2.75) is 4.90 Å². The number of ether oxygens (including phenoxy) is 1. The van der Waals surface area contributed by atoms with E-state index in [9.17, 15) is 18.0 Å². The normalized spacial score (nSPS) is 11.2. The van der Waals surface area contributed by atoms with Crippen molar-refractivity contribution < 1.29 is 22.7 Å². The fourth-order valence-electron chi connectivity index (χ4n) is 1.54. The lowest BCUT2D eigenvalue weighted by Gasteiger charge is -2.15. The van der Waals surface area contributed by atoms with Crippen molar-refractivity contribution in [1.29, 1.82) is 0 Å². The van der Waals surface area contributed by atoms with Gasteiger partial charge in [-0.1, -0.05) is 0 Å². The Morgan fingerprint density at radius 3 is 2.55 bits per heavy atom. The number of methoxy groups -OCH3 is 1. The van der Waals surface area contributed by atoms with E-state index in [1.54, 1.807) is 7.05 Å². The largest absolute Gasteiger partial charge is 0.468 e. The third-order valence-electron chi connectivity index (χ3n) is 2.72. The van der Waals surface area contributed by atoms with Crippen LogP contribution < -0.4 is 4.72 Å². The van der Waals surface area contributed by atoms with Crippen molar-refractivity contribution in [3.05, 3.63) is 18.0 Å². The minimum atomic E-state index is -3.62. The molecule has 0 aromatic carbocycles. The van der Waals surface area contributed by atoms with Crippen molar-refractivity contribution in [1.82, 2.24) is 14.2 Å². The maximum absolute atomic E-state index is 12.1. The molecule has 8 nitrogen and oxygen atoms in total. The van der Waals surface area contributed by atoms with E-state index in [0.29, 0.717) is 0 Å². The van der Waals surface area contributed by atoms with Gasteiger partial charge in [0.25, 0.3) is 5.91 Å². The Morgan fingerprint density at radius 1 is 1.45 bits per heavy atom. The van der Waals surface area contributed by atoms with Gasteiger partial charge in [-0.05, 0) is 13.1 Å². The van der Waals surface area contributed by atoms with Crippen LogP contribution in [0.3, 0.4) is 0 Å². The Morgan fingerprint density at radius 2 is 2.05 bits per heavy atom. The maximum atomic E-state index is 12.1. The molecular formula is C11H17N3O5S. The second kappa shape index (κ2) is 6.06. The molecule has 1 heterocycles. The number of aromatic nitrogens is 1. The van der Waals surface area contributed by atoms with E-state index >= 15 is 0 Å². The number of carbonyl (C=O) groups excluding carboxylic acids is 2. The molecule has 0 unspecified atom stereocenters. The Kier molecular flexibility index (Phi) is 4.90. The van der Waals surface area contributed by atoms with Gasteiger partial charge < -0.3 is 14.2 Å². The number of aryl methyl sites for hydroxylation is 1. The molecule has 0 spiro atoms. The number of hydrogen-bond acceptors (Lipinski definition) is 5. The van der Waals surface area contributed by atoms with E-state index in [4.69, 9.17) is 0 Å². The van der Waals surface area contributed by atoms with Crippen LogP contribution in [0.2, 0.25) is 0 Å². The van der Waals surface area contributed by atoms with Crippen LogP contribution in [-0.4, -0.2) is 57.5 Å². The second-order valence-electron chi connectivity index (χ2n) is 4.12. The Labute approximate surface area is 117 Å². The number of nitrogens with zero attached hydrogens (tertiary/aromatic N) is 2. The minimum absolute atomic E-state index is 0.0164. The molecule has 20 heavy (non-hydrogen) atoms. The van der Waals surface area contributed by atoms with Gasteiger partial charge in [-0.2, -0.15) is 0 Å². The van der Waals surface area contributed by atoms with Crippen molar-refractivity contribution >= 4 is 21.9 Å². The fourth-order valence-corrected chi connectivity index (χ4v) is 2.34. The first-order valence-corrected chi connectivity index (χ1v) is 7.13. The van der Waals surface area contributed by atoms with Crippen LogP contribution in [0.5, 0.6) is 0 Å². The third kappa shape index (κ3) is 3.36. The standard InChI is InChI=1S/C11H17N3O5S/c1-12-20(17,18)8-5-9(13(2)6-8)11(16)14(3)7-10(15)19-4/h5-6,12H,7H2,1-4H3. The summed E-state index contributed by atoms with van der Waals surface area (Å²) in [7, 11) is 1.87. The van der Waals surface area contributed by atoms with Crippen LogP contribution in [0.15, 0.2) is 17.2 Å². The molecule has 9 heteroatoms. The second-order valence-corrected chi connectivity index (χ2v) is 6.00. The summed E-state index contributed by atoms with van der Waals surface area (Å²) in [4.78, 5) is 24.4. The quantitative estimate of drug-likeness (QED) is 0.717. The summed E-state index contributed by atoms with van der Waals surface area (Å²) in [6.45, 7) is -0.214. The first kappa shape index (κ1) is 16.2. The Hall–Kier alpha value is -1.87. The number of hydrogen-bond donors (Lipinski definition) is 1. The highest BCUT2D eigenvalue weighted by Gasteiger charge is 2.22. The summed E-state index contributed by atoms with van der Waals surface area (Å²) in [5.41, 5.74) is 0.158. The summed E-state index contributed by atoms with van der Waals surface area (Å²) >= 11 is 0. The van der Waals surface area contributed by atoms with Gasteiger partial charge in [0.05, 0.1) is 7.11 Å². The zero-order chi connectivity index (χ0) is 15.5. The molecule has 0 bridgehead atoms. The van der Waals surface area contributed by atoms with Gasteiger partial charge in [-0.15, -0.1) is 0 Å². The smallest absolute Gasteiger partial charge is 0.325 e. The van der Waals surface area contributed by atoms with E-state index in [0.717, 1.165) is 4.90 Å². The number of sulfonamides is 1. The highest BCUT2D eigenvalue weighted by Crippen LogP contribution is 2.14. The molecule has 0 saturated carbocycles. The monoisotopic (exact) mass is 303 g/mol. The molecule has 0 aliphatic heterocycles. The van der Waals surface area contributed by atoms with Crippen molar-refractivity contribution in [2.75, 3.05) is 27.7 Å². The average molecular weight is 303 g/mol. The molecule has 0 saturated heterocycles. The first-order valence-electron chi connectivity index (χ1n) is 5.65. The summed E-state index contributed by atoms with van der Waals surface area (Å²) in [6, 6.07) is 1.25. The zero-order valence-electron chi connectivity index (χ0n) is 11.7. The van der Waals surface area contributed by atoms with Gasteiger partial charge in [0.15, 0.2) is 0 Å². The Balaban J connectivity index is 3.03. The topological polar surface area (TPSA) is 97.7 Å². The number of amides is 1. The lowest BCUT2D eigenvalue weighted by atomic mass is 10.3. The molecule has 1 aromatic heterocycles. The molecule has 1 rings (SSSR count). The number of likely N-dealkylation sites (N-methyl/N-ethyl adjacent to an activating group) is 1. The van der Waals surface area contributed by atoms with Gasteiger partial charge in [0.2, 0.25) is 10.0 Å². The molecule has 112 valence electrons. The van der Waals surface area contributed by atoms with Crippen LogP contribution >= 0.6 is 0 Å². The number of nitrogens with one attached hydrogen (secondary N) is 1. The van der Waals surface area contributed by atoms with Crippen LogP contribution in [0.25, 0.3) is 0 Å². The number of carbonyl (C=O) groups is 2. The molecule has 0 aliphatic rings. The van der Waals surface area contributed by atoms with E-state index < -0.39 is 21.9 Å². The first-order chi connectivity index (χ1) is 9.22. The highest BCUT2D eigenvalue weighted by atomic mass is 32.2. The van der Waals surface area contributed by atoms with Crippen molar-refractivity contribution in [3.63, 3.8) is 0 Å². The van der Waals surface area contributed by atoms with Crippen molar-refractivity contribution in [2.24, 2.45) is 7.05 Å². The van der Waals surface area contributed by atoms with Crippen LogP contribution in [0.1, 0.15) is 10.5 Å². The predicted octanol–water partition coefficient (Wildman–Crippen LogP) is -0.822. The zero-order valence-corrected chi connectivity index (χ0v) is 12.5. The molecule has 0 atom stereocenters. The maximum Gasteiger partial charge on any atom is 0.325 e. The number of esters is 1. The SMILES string of the molecule is CNS(=O)(=O)c1cc(C(=O)N(C)CC(=O)OC)n(C)c1. The van der Waals surface area contributed by atoms with Crippen LogP contribution in [0, 0.1) is 0 Å². The Bertz CT molecular complexity index is 620. The lowest BCUT2D eigenvalue weighted by Crippen LogP contribution is -2.33. The van der Waals surface area contributed by atoms with Gasteiger partial charge in [0, 0.05) is 20.3 Å². The predicted molar refractivity (Wildman–Crippen MR) is 70.6 cm³/mol. The van der Waals surface area contributed by atoms with Crippen LogP contribution in [0.4, 0.5) is 0 Å². The molecule has 0 fully saturated rings. The molecule has 1 amide bonds. The fraction of sp³-hybridized carbons (Fsp3) is 0.455. The average Bonchev–Trinajstić information content (AvgIpc) is 2.80. The summed E-state index contributed by atoms with van der Waals surface area (Å²) < 4.78 is 31.3. The molecule has 0 aliphatic carbocycles. The van der Waals surface area contributed by atoms with E-state index in [1.807, 2.05) is 0 Å². The molecule has 1 N–H and O–H groups in total. The molecule has 1 aromatic rings. The van der Waals surface area contributed by atoms with E-state index in [2.05, 4.69) is 9.46 Å².